The fourth-order valence-electron chi connectivity index (χ4n) is 3.90. The van der Waals surface area contributed by atoms with Crippen LogP contribution >= 0.6 is 0 Å². The van der Waals surface area contributed by atoms with Gasteiger partial charge < -0.3 is 9.84 Å². The zero-order chi connectivity index (χ0) is 24.9. The largest absolute Gasteiger partial charge is 0.508 e. The average molecular weight is 471 g/mol. The van der Waals surface area contributed by atoms with Crippen molar-refractivity contribution in [3.8, 4) is 28.4 Å². The van der Waals surface area contributed by atoms with E-state index in [1.54, 1.807) is 72.8 Å². The molecule has 0 aromatic heterocycles. The summed E-state index contributed by atoms with van der Waals surface area (Å²) in [7, 11) is 0. The predicted octanol–water partition coefficient (Wildman–Crippen LogP) is 7.31. The van der Waals surface area contributed by atoms with Gasteiger partial charge in [-0.3, -0.25) is 9.59 Å². The zero-order valence-electron chi connectivity index (χ0n) is 19.3. The van der Waals surface area contributed by atoms with Crippen LogP contribution in [0.15, 0.2) is 127 Å². The van der Waals surface area contributed by atoms with E-state index in [2.05, 4.69) is 0 Å². The van der Waals surface area contributed by atoms with Gasteiger partial charge in [0.25, 0.3) is 0 Å². The van der Waals surface area contributed by atoms with E-state index in [1.165, 1.54) is 0 Å². The van der Waals surface area contributed by atoms with Gasteiger partial charge in [-0.2, -0.15) is 0 Å². The van der Waals surface area contributed by atoms with Crippen molar-refractivity contribution in [3.05, 3.63) is 150 Å². The Morgan fingerprint density at radius 2 is 0.917 bits per heavy atom. The highest BCUT2D eigenvalue weighted by atomic mass is 16.5. The molecule has 0 aliphatic carbocycles. The van der Waals surface area contributed by atoms with Gasteiger partial charge in [0.1, 0.15) is 17.2 Å². The first kappa shape index (κ1) is 22.8. The summed E-state index contributed by atoms with van der Waals surface area (Å²) in [5.41, 5.74) is 4.03. The lowest BCUT2D eigenvalue weighted by atomic mass is 9.97. The summed E-state index contributed by atoms with van der Waals surface area (Å²) < 4.78 is 5.93. The second-order valence-corrected chi connectivity index (χ2v) is 8.30. The first-order valence-corrected chi connectivity index (χ1v) is 11.5. The lowest BCUT2D eigenvalue weighted by Gasteiger charge is -2.09. The molecule has 4 heteroatoms. The Hall–Kier alpha value is -4.96. The summed E-state index contributed by atoms with van der Waals surface area (Å²) in [6.45, 7) is 0. The monoisotopic (exact) mass is 470 g/mol. The Morgan fingerprint density at radius 1 is 0.472 bits per heavy atom. The molecule has 0 spiro atoms. The fourth-order valence-corrected chi connectivity index (χ4v) is 3.90. The Labute approximate surface area is 209 Å². The van der Waals surface area contributed by atoms with Gasteiger partial charge >= 0.3 is 0 Å². The van der Waals surface area contributed by atoms with Gasteiger partial charge in [0, 0.05) is 22.3 Å². The van der Waals surface area contributed by atoms with Gasteiger partial charge in [-0.25, -0.2) is 0 Å². The molecular weight excluding hydrogens is 448 g/mol. The summed E-state index contributed by atoms with van der Waals surface area (Å²) in [4.78, 5) is 25.8. The molecule has 4 nitrogen and oxygen atoms in total. The standard InChI is InChI=1S/C32H22O4/c33-28-15-9-22(10-16-28)23-11-17-29(18-12-23)36-30-19-13-25(14-20-30)32(35)27-8-4-7-26(21-27)31(34)24-5-2-1-3-6-24/h1-21,33H. The van der Waals surface area contributed by atoms with Crippen LogP contribution in [0.25, 0.3) is 11.1 Å². The van der Waals surface area contributed by atoms with Crippen LogP contribution in [0.3, 0.4) is 0 Å². The Kier molecular flexibility index (Phi) is 6.41. The predicted molar refractivity (Wildman–Crippen MR) is 140 cm³/mol. The number of rotatable bonds is 7. The van der Waals surface area contributed by atoms with Crippen LogP contribution < -0.4 is 4.74 Å². The molecular formula is C32H22O4. The molecule has 0 aliphatic rings. The fraction of sp³-hybridized carbons (Fsp3) is 0. The highest BCUT2D eigenvalue weighted by Crippen LogP contribution is 2.27. The van der Waals surface area contributed by atoms with Crippen molar-refractivity contribution in [2.75, 3.05) is 0 Å². The lowest BCUT2D eigenvalue weighted by Crippen LogP contribution is -2.05. The number of benzene rings is 5. The molecule has 174 valence electrons. The molecule has 0 radical (unpaired) electrons. The number of hydrogen-bond donors (Lipinski definition) is 1. The van der Waals surface area contributed by atoms with E-state index in [-0.39, 0.29) is 17.3 Å². The Balaban J connectivity index is 1.27. The van der Waals surface area contributed by atoms with Crippen LogP contribution in [0.1, 0.15) is 31.8 Å². The van der Waals surface area contributed by atoms with Gasteiger partial charge in [0.05, 0.1) is 0 Å². The molecule has 0 unspecified atom stereocenters. The maximum absolute atomic E-state index is 13.1. The summed E-state index contributed by atoms with van der Waals surface area (Å²) in [6.07, 6.45) is 0. The quantitative estimate of drug-likeness (QED) is 0.253. The molecule has 0 amide bonds. The Bertz CT molecular complexity index is 1500. The van der Waals surface area contributed by atoms with Crippen LogP contribution in [0.5, 0.6) is 17.2 Å². The Morgan fingerprint density at radius 3 is 1.47 bits per heavy atom. The molecule has 0 fully saturated rings. The van der Waals surface area contributed by atoms with E-state index in [4.69, 9.17) is 4.74 Å². The minimum atomic E-state index is -0.164. The van der Waals surface area contributed by atoms with Crippen LogP contribution in [0.2, 0.25) is 0 Å². The maximum atomic E-state index is 13.1. The molecule has 0 heterocycles. The van der Waals surface area contributed by atoms with Crippen molar-refractivity contribution in [2.24, 2.45) is 0 Å². The molecule has 5 aromatic rings. The average Bonchev–Trinajstić information content (AvgIpc) is 2.94. The van der Waals surface area contributed by atoms with E-state index >= 15 is 0 Å². The van der Waals surface area contributed by atoms with E-state index in [0.29, 0.717) is 33.8 Å². The highest BCUT2D eigenvalue weighted by molar-refractivity contribution is 6.13. The lowest BCUT2D eigenvalue weighted by molar-refractivity contribution is 0.103. The van der Waals surface area contributed by atoms with Crippen molar-refractivity contribution in [1.29, 1.82) is 0 Å². The second-order valence-electron chi connectivity index (χ2n) is 8.30. The first-order valence-electron chi connectivity index (χ1n) is 11.5. The normalized spacial score (nSPS) is 10.6. The van der Waals surface area contributed by atoms with E-state index in [0.717, 1.165) is 11.1 Å². The van der Waals surface area contributed by atoms with Crippen LogP contribution in [0, 0.1) is 0 Å². The minimum absolute atomic E-state index is 0.120. The summed E-state index contributed by atoms with van der Waals surface area (Å²) in [6, 6.07) is 37.4. The van der Waals surface area contributed by atoms with Gasteiger partial charge in [0.15, 0.2) is 11.6 Å². The number of carbonyl (C=O) groups excluding carboxylic acids is 2. The summed E-state index contributed by atoms with van der Waals surface area (Å²) >= 11 is 0. The van der Waals surface area contributed by atoms with Gasteiger partial charge in [0.2, 0.25) is 0 Å². The number of ether oxygens (including phenoxy) is 1. The van der Waals surface area contributed by atoms with Crippen molar-refractivity contribution >= 4 is 11.6 Å². The van der Waals surface area contributed by atoms with Crippen molar-refractivity contribution in [3.63, 3.8) is 0 Å². The summed E-state index contributed by atoms with van der Waals surface area (Å²) in [5, 5.41) is 9.45. The third-order valence-corrected chi connectivity index (χ3v) is 5.83. The van der Waals surface area contributed by atoms with E-state index in [9.17, 15) is 14.7 Å². The highest BCUT2D eigenvalue weighted by Gasteiger charge is 2.14. The van der Waals surface area contributed by atoms with Crippen molar-refractivity contribution in [2.45, 2.75) is 0 Å². The molecule has 0 atom stereocenters. The zero-order valence-corrected chi connectivity index (χ0v) is 19.3. The van der Waals surface area contributed by atoms with Crippen LogP contribution in [0.4, 0.5) is 0 Å². The van der Waals surface area contributed by atoms with Crippen molar-refractivity contribution < 1.29 is 19.4 Å². The first-order chi connectivity index (χ1) is 17.6. The molecule has 0 saturated carbocycles. The van der Waals surface area contributed by atoms with Crippen LogP contribution in [-0.2, 0) is 0 Å². The summed E-state index contributed by atoms with van der Waals surface area (Å²) in [5.74, 6) is 1.22. The van der Waals surface area contributed by atoms with Gasteiger partial charge in [-0.15, -0.1) is 0 Å². The number of carbonyl (C=O) groups is 2. The van der Waals surface area contributed by atoms with E-state index < -0.39 is 0 Å². The maximum Gasteiger partial charge on any atom is 0.193 e. The number of phenolic OH excluding ortho intramolecular Hbond substituents is 1. The van der Waals surface area contributed by atoms with Gasteiger partial charge in [-0.1, -0.05) is 72.8 Å². The molecule has 1 N–H and O–H groups in total. The number of aromatic hydroxyl groups is 1. The molecule has 5 aromatic carbocycles. The number of ketones is 2. The molecule has 0 saturated heterocycles. The third-order valence-electron chi connectivity index (χ3n) is 5.83. The molecule has 5 rings (SSSR count). The molecule has 36 heavy (non-hydrogen) atoms. The smallest absolute Gasteiger partial charge is 0.193 e. The number of hydrogen-bond acceptors (Lipinski definition) is 4. The van der Waals surface area contributed by atoms with E-state index in [1.807, 2.05) is 54.6 Å². The van der Waals surface area contributed by atoms with Crippen LogP contribution in [-0.4, -0.2) is 16.7 Å². The molecule has 0 aliphatic heterocycles. The van der Waals surface area contributed by atoms with Gasteiger partial charge in [-0.05, 0) is 65.7 Å². The number of phenols is 1. The minimum Gasteiger partial charge on any atom is -0.508 e. The topological polar surface area (TPSA) is 63.6 Å². The second kappa shape index (κ2) is 10.1. The third kappa shape index (κ3) is 5.08. The van der Waals surface area contributed by atoms with Crippen molar-refractivity contribution in [1.82, 2.24) is 0 Å². The SMILES string of the molecule is O=C(c1ccccc1)c1cccc(C(=O)c2ccc(Oc3ccc(-c4ccc(O)cc4)cc3)cc2)c1. The molecule has 0 bridgehead atoms.